The van der Waals surface area contributed by atoms with Gasteiger partial charge >= 0.3 is 5.97 Å². The number of likely N-dealkylation sites (tertiary alicyclic amines) is 1. The average Bonchev–Trinajstić information content (AvgIpc) is 2.93. The van der Waals surface area contributed by atoms with Crippen LogP contribution < -0.4 is 11.1 Å². The fraction of sp³-hybridized carbons (Fsp3) is 0.448. The van der Waals surface area contributed by atoms with E-state index in [-0.39, 0.29) is 48.6 Å². The minimum atomic E-state index is -0.351. The third kappa shape index (κ3) is 7.41. The van der Waals surface area contributed by atoms with Gasteiger partial charge in [0.2, 0.25) is 0 Å². The number of amidine groups is 1. The van der Waals surface area contributed by atoms with Crippen LogP contribution in [0.5, 0.6) is 0 Å². The molecule has 2 amide bonds. The van der Waals surface area contributed by atoms with Crippen molar-refractivity contribution >= 4 is 23.6 Å². The van der Waals surface area contributed by atoms with Gasteiger partial charge in [0.1, 0.15) is 5.84 Å². The van der Waals surface area contributed by atoms with Crippen LogP contribution in [0, 0.1) is 11.3 Å². The summed E-state index contributed by atoms with van der Waals surface area (Å²) in [5.74, 6) is -0.405. The van der Waals surface area contributed by atoms with Gasteiger partial charge in [-0.2, -0.15) is 0 Å². The van der Waals surface area contributed by atoms with Crippen LogP contribution in [0.15, 0.2) is 48.5 Å². The molecule has 2 aromatic carbocycles. The number of hydrogen-bond donors (Lipinski definition) is 3. The SMILES string of the molecule is N=C(N)c1ccc(-c2ccc(C(=O)N3CCC(CC(=O)OCC(=O)NC4CCCCC4)CC3)cc2)cc1. The largest absolute Gasteiger partial charge is 0.456 e. The number of amides is 2. The maximum Gasteiger partial charge on any atom is 0.306 e. The number of carbonyl (C=O) groups is 3. The van der Waals surface area contributed by atoms with Gasteiger partial charge in [0.15, 0.2) is 6.61 Å². The van der Waals surface area contributed by atoms with Crippen molar-refractivity contribution in [1.82, 2.24) is 10.2 Å². The lowest BCUT2D eigenvalue weighted by atomic mass is 9.93. The van der Waals surface area contributed by atoms with E-state index in [9.17, 15) is 14.4 Å². The molecule has 0 aromatic heterocycles. The van der Waals surface area contributed by atoms with Gasteiger partial charge < -0.3 is 20.7 Å². The van der Waals surface area contributed by atoms with E-state index in [1.54, 1.807) is 0 Å². The number of hydrogen-bond acceptors (Lipinski definition) is 5. The fourth-order valence-electron chi connectivity index (χ4n) is 5.13. The predicted molar refractivity (Wildman–Crippen MR) is 142 cm³/mol. The Morgan fingerprint density at radius 1 is 0.865 bits per heavy atom. The van der Waals surface area contributed by atoms with Crippen LogP contribution in [0.25, 0.3) is 11.1 Å². The molecule has 0 radical (unpaired) electrons. The first-order chi connectivity index (χ1) is 17.9. The number of nitrogen functional groups attached to an aromatic ring is 1. The number of nitrogens with zero attached hydrogens (tertiary/aromatic N) is 1. The number of esters is 1. The van der Waals surface area contributed by atoms with Crippen LogP contribution in [0.2, 0.25) is 0 Å². The number of carbonyl (C=O) groups excluding carboxylic acids is 3. The molecule has 0 unspecified atom stereocenters. The number of rotatable bonds is 8. The van der Waals surface area contributed by atoms with Gasteiger partial charge in [0, 0.05) is 36.7 Å². The molecule has 4 N–H and O–H groups in total. The minimum Gasteiger partial charge on any atom is -0.456 e. The zero-order valence-electron chi connectivity index (χ0n) is 21.2. The Bertz CT molecular complexity index is 1100. The van der Waals surface area contributed by atoms with Crippen LogP contribution >= 0.6 is 0 Å². The molecule has 1 saturated heterocycles. The highest BCUT2D eigenvalue weighted by atomic mass is 16.5. The molecule has 1 heterocycles. The molecule has 0 bridgehead atoms. The van der Waals surface area contributed by atoms with E-state index in [1.807, 2.05) is 53.4 Å². The quantitative estimate of drug-likeness (QED) is 0.286. The number of benzene rings is 2. The number of nitrogens with one attached hydrogen (secondary N) is 2. The summed E-state index contributed by atoms with van der Waals surface area (Å²) in [4.78, 5) is 39.1. The van der Waals surface area contributed by atoms with Gasteiger partial charge in [-0.3, -0.25) is 19.8 Å². The Balaban J connectivity index is 1.19. The summed E-state index contributed by atoms with van der Waals surface area (Å²) in [5, 5.41) is 10.5. The molecule has 1 aliphatic heterocycles. The summed E-state index contributed by atoms with van der Waals surface area (Å²) in [6.45, 7) is 0.962. The molecule has 0 atom stereocenters. The Kier molecular flexibility index (Phi) is 8.93. The van der Waals surface area contributed by atoms with Crippen molar-refractivity contribution < 1.29 is 19.1 Å². The Morgan fingerprint density at radius 3 is 2.00 bits per heavy atom. The van der Waals surface area contributed by atoms with E-state index in [1.165, 1.54) is 6.42 Å². The molecular formula is C29H36N4O4. The van der Waals surface area contributed by atoms with E-state index in [0.717, 1.165) is 49.7 Å². The van der Waals surface area contributed by atoms with Gasteiger partial charge in [-0.25, -0.2) is 0 Å². The normalized spacial score (nSPS) is 16.7. The predicted octanol–water partition coefficient (Wildman–Crippen LogP) is 3.87. The summed E-state index contributed by atoms with van der Waals surface area (Å²) < 4.78 is 5.21. The molecule has 8 heteroatoms. The second-order valence-corrected chi connectivity index (χ2v) is 10.1. The second-order valence-electron chi connectivity index (χ2n) is 10.1. The molecular weight excluding hydrogens is 468 g/mol. The summed E-state index contributed by atoms with van der Waals surface area (Å²) in [5.41, 5.74) is 8.79. The van der Waals surface area contributed by atoms with E-state index in [4.69, 9.17) is 15.9 Å². The Hall–Kier alpha value is -3.68. The van der Waals surface area contributed by atoms with E-state index >= 15 is 0 Å². The van der Waals surface area contributed by atoms with Crippen LogP contribution in [-0.4, -0.2) is 54.3 Å². The average molecular weight is 505 g/mol. The summed E-state index contributed by atoms with van der Waals surface area (Å²) in [7, 11) is 0. The molecule has 4 rings (SSSR count). The van der Waals surface area contributed by atoms with Crippen LogP contribution in [-0.2, 0) is 14.3 Å². The van der Waals surface area contributed by atoms with E-state index in [2.05, 4.69) is 5.32 Å². The van der Waals surface area contributed by atoms with Crippen molar-refractivity contribution in [2.75, 3.05) is 19.7 Å². The molecule has 1 aliphatic carbocycles. The summed E-state index contributed by atoms with van der Waals surface area (Å²) in [6, 6.07) is 15.1. The summed E-state index contributed by atoms with van der Waals surface area (Å²) >= 11 is 0. The van der Waals surface area contributed by atoms with Crippen molar-refractivity contribution in [2.24, 2.45) is 11.7 Å². The molecule has 196 valence electrons. The Morgan fingerprint density at radius 2 is 1.43 bits per heavy atom. The highest BCUT2D eigenvalue weighted by Crippen LogP contribution is 2.24. The van der Waals surface area contributed by atoms with Gasteiger partial charge in [0.05, 0.1) is 0 Å². The standard InChI is InChI=1S/C29H36N4O4/c30-28(31)23-10-6-21(7-11-23)22-8-12-24(13-9-22)29(36)33-16-14-20(15-17-33)18-27(35)37-19-26(34)32-25-4-2-1-3-5-25/h6-13,20,25H,1-5,14-19H2,(H3,30,31)(H,32,34). The Labute approximate surface area is 218 Å². The van der Waals surface area contributed by atoms with Crippen LogP contribution in [0.1, 0.15) is 67.3 Å². The van der Waals surface area contributed by atoms with Crippen molar-refractivity contribution in [3.8, 4) is 11.1 Å². The molecule has 0 spiro atoms. The van der Waals surface area contributed by atoms with E-state index in [0.29, 0.717) is 24.2 Å². The first-order valence-electron chi connectivity index (χ1n) is 13.2. The molecule has 2 aliphatic rings. The maximum atomic E-state index is 13.0. The number of ether oxygens (including phenoxy) is 1. The van der Waals surface area contributed by atoms with Crippen molar-refractivity contribution in [2.45, 2.75) is 57.4 Å². The zero-order valence-corrected chi connectivity index (χ0v) is 21.2. The van der Waals surface area contributed by atoms with Gasteiger partial charge in [-0.05, 0) is 54.9 Å². The van der Waals surface area contributed by atoms with Gasteiger partial charge in [-0.1, -0.05) is 55.7 Å². The smallest absolute Gasteiger partial charge is 0.306 e. The molecule has 37 heavy (non-hydrogen) atoms. The van der Waals surface area contributed by atoms with Crippen molar-refractivity contribution in [1.29, 1.82) is 5.41 Å². The third-order valence-corrected chi connectivity index (χ3v) is 7.35. The monoisotopic (exact) mass is 504 g/mol. The highest BCUT2D eigenvalue weighted by Gasteiger charge is 2.26. The van der Waals surface area contributed by atoms with Crippen LogP contribution in [0.3, 0.4) is 0 Å². The lowest BCUT2D eigenvalue weighted by molar-refractivity contribution is -0.150. The van der Waals surface area contributed by atoms with Crippen molar-refractivity contribution in [3.05, 3.63) is 59.7 Å². The molecule has 8 nitrogen and oxygen atoms in total. The van der Waals surface area contributed by atoms with Gasteiger partial charge in [0.25, 0.3) is 11.8 Å². The number of nitrogens with two attached hydrogens (primary N) is 1. The minimum absolute atomic E-state index is 0.0149. The highest BCUT2D eigenvalue weighted by molar-refractivity contribution is 5.96. The lowest BCUT2D eigenvalue weighted by Gasteiger charge is -2.31. The van der Waals surface area contributed by atoms with E-state index < -0.39 is 0 Å². The molecule has 2 fully saturated rings. The number of piperidine rings is 1. The molecule has 2 aromatic rings. The topological polar surface area (TPSA) is 126 Å². The fourth-order valence-corrected chi connectivity index (χ4v) is 5.13. The van der Waals surface area contributed by atoms with Gasteiger partial charge in [-0.15, -0.1) is 0 Å². The first kappa shape index (κ1) is 26.4. The van der Waals surface area contributed by atoms with Crippen LogP contribution in [0.4, 0.5) is 0 Å². The van der Waals surface area contributed by atoms with Crippen molar-refractivity contribution in [3.63, 3.8) is 0 Å². The second kappa shape index (κ2) is 12.5. The zero-order chi connectivity index (χ0) is 26.2. The lowest BCUT2D eigenvalue weighted by Crippen LogP contribution is -2.40. The third-order valence-electron chi connectivity index (χ3n) is 7.35. The molecule has 1 saturated carbocycles. The first-order valence-corrected chi connectivity index (χ1v) is 13.2. The maximum absolute atomic E-state index is 13.0. The summed E-state index contributed by atoms with van der Waals surface area (Å²) in [6.07, 6.45) is 7.22.